The molecule has 0 aliphatic carbocycles. The van der Waals surface area contributed by atoms with Crippen molar-refractivity contribution < 1.29 is 0 Å². The van der Waals surface area contributed by atoms with Gasteiger partial charge in [-0.05, 0) is 25.3 Å². The van der Waals surface area contributed by atoms with E-state index in [0.29, 0.717) is 0 Å². The van der Waals surface area contributed by atoms with Crippen molar-refractivity contribution in [2.45, 2.75) is 19.8 Å². The van der Waals surface area contributed by atoms with Gasteiger partial charge < -0.3 is 5.73 Å². The topological polar surface area (TPSA) is 26.0 Å². The fourth-order valence-corrected chi connectivity index (χ4v) is 0.986. The third-order valence-electron chi connectivity index (χ3n) is 1.65. The molecule has 1 heteroatoms. The predicted octanol–water partition coefficient (Wildman–Crippen LogP) is 2.13. The molecule has 1 rings (SSSR count). The zero-order valence-electron chi connectivity index (χ0n) is 6.88. The molecule has 11 heavy (non-hydrogen) atoms. The highest BCUT2D eigenvalue weighted by Crippen LogP contribution is 2.05. The highest BCUT2D eigenvalue weighted by Gasteiger charge is 1.95. The lowest BCUT2D eigenvalue weighted by molar-refractivity contribution is 0.809. The van der Waals surface area contributed by atoms with E-state index in [2.05, 4.69) is 24.3 Å². The van der Waals surface area contributed by atoms with Crippen LogP contribution in [0.1, 0.15) is 18.9 Å². The predicted molar refractivity (Wildman–Crippen MR) is 47.9 cm³/mol. The second kappa shape index (κ2) is 4.14. The summed E-state index contributed by atoms with van der Waals surface area (Å²) in [4.78, 5) is 0. The minimum atomic E-state index is 0.990. The summed E-state index contributed by atoms with van der Waals surface area (Å²) < 4.78 is 0. The van der Waals surface area contributed by atoms with Gasteiger partial charge in [0.05, 0.1) is 0 Å². The molecule has 0 atom stereocenters. The summed E-state index contributed by atoms with van der Waals surface area (Å²) in [6.45, 7) is 1.96. The number of benzene rings is 1. The van der Waals surface area contributed by atoms with Crippen molar-refractivity contribution >= 4 is 0 Å². The summed E-state index contributed by atoms with van der Waals surface area (Å²) in [6, 6.07) is 11.4. The number of hydrogen-bond acceptors (Lipinski definition) is 1. The fourth-order valence-electron chi connectivity index (χ4n) is 0.986. The smallest absolute Gasteiger partial charge is 0.0308 e. The van der Waals surface area contributed by atoms with Crippen LogP contribution in [0, 0.1) is 6.04 Å². The van der Waals surface area contributed by atoms with Gasteiger partial charge in [-0.15, -0.1) is 0 Å². The average Bonchev–Trinajstić information content (AvgIpc) is 2.03. The third-order valence-corrected chi connectivity index (χ3v) is 1.65. The van der Waals surface area contributed by atoms with E-state index in [1.54, 1.807) is 0 Å². The number of aryl methyl sites for hydroxylation is 1. The first-order chi connectivity index (χ1) is 5.29. The molecule has 59 valence electrons. The zero-order chi connectivity index (χ0) is 8.10. The molecule has 2 N–H and O–H groups in total. The molecule has 0 heterocycles. The Kier molecular flexibility index (Phi) is 3.12. The average molecular weight is 148 g/mol. The Morgan fingerprint density at radius 2 is 1.91 bits per heavy atom. The molecular weight excluding hydrogens is 134 g/mol. The summed E-state index contributed by atoms with van der Waals surface area (Å²) in [5.41, 5.74) is 6.92. The minimum absolute atomic E-state index is 0.990. The number of rotatable bonds is 3. The van der Waals surface area contributed by atoms with Gasteiger partial charge in [0, 0.05) is 6.04 Å². The molecule has 0 fully saturated rings. The first kappa shape index (κ1) is 8.28. The molecule has 0 saturated carbocycles. The van der Waals surface area contributed by atoms with E-state index >= 15 is 0 Å². The first-order valence-corrected chi connectivity index (χ1v) is 3.91. The number of hydrogen-bond donors (Lipinski definition) is 1. The molecular formula is C10H14N. The molecule has 1 radical (unpaired) electrons. The van der Waals surface area contributed by atoms with E-state index in [1.807, 2.05) is 13.0 Å². The molecule has 0 aromatic heterocycles. The maximum Gasteiger partial charge on any atom is 0.0308 e. The Morgan fingerprint density at radius 1 is 1.27 bits per heavy atom. The van der Waals surface area contributed by atoms with Gasteiger partial charge in [0.2, 0.25) is 0 Å². The molecule has 0 amide bonds. The van der Waals surface area contributed by atoms with Crippen LogP contribution in [-0.4, -0.2) is 0 Å². The Hall–Kier alpha value is -0.820. The van der Waals surface area contributed by atoms with Gasteiger partial charge in [0.25, 0.3) is 0 Å². The molecule has 1 aromatic carbocycles. The van der Waals surface area contributed by atoms with Crippen LogP contribution in [0.3, 0.4) is 0 Å². The SMILES string of the molecule is C[C](N)CCc1ccccc1. The van der Waals surface area contributed by atoms with Crippen LogP contribution in [0.5, 0.6) is 0 Å². The van der Waals surface area contributed by atoms with Gasteiger partial charge in [-0.1, -0.05) is 30.3 Å². The van der Waals surface area contributed by atoms with E-state index in [4.69, 9.17) is 5.73 Å². The van der Waals surface area contributed by atoms with Crippen LogP contribution in [-0.2, 0) is 6.42 Å². The van der Waals surface area contributed by atoms with Crippen molar-refractivity contribution in [1.29, 1.82) is 0 Å². The van der Waals surface area contributed by atoms with Gasteiger partial charge in [-0.25, -0.2) is 0 Å². The molecule has 0 unspecified atom stereocenters. The summed E-state index contributed by atoms with van der Waals surface area (Å²) in [5.74, 6) is 0. The van der Waals surface area contributed by atoms with Crippen molar-refractivity contribution in [3.63, 3.8) is 0 Å². The van der Waals surface area contributed by atoms with E-state index < -0.39 is 0 Å². The van der Waals surface area contributed by atoms with Crippen molar-refractivity contribution in [1.82, 2.24) is 0 Å². The molecule has 0 saturated heterocycles. The quantitative estimate of drug-likeness (QED) is 0.698. The molecule has 0 spiro atoms. The van der Waals surface area contributed by atoms with Crippen LogP contribution in [0.4, 0.5) is 0 Å². The standard InChI is InChI=1S/C10H14N/c1-9(11)7-8-10-5-3-2-4-6-10/h2-6H,7-8,11H2,1H3. The van der Waals surface area contributed by atoms with E-state index in [0.717, 1.165) is 18.9 Å². The number of nitrogens with two attached hydrogens (primary N) is 1. The summed E-state index contributed by atoms with van der Waals surface area (Å²) in [6.07, 6.45) is 2.05. The van der Waals surface area contributed by atoms with E-state index in [1.165, 1.54) is 5.56 Å². The highest BCUT2D eigenvalue weighted by molar-refractivity contribution is 5.15. The van der Waals surface area contributed by atoms with Crippen LogP contribution in [0.2, 0.25) is 0 Å². The Balaban J connectivity index is 2.39. The van der Waals surface area contributed by atoms with Crippen molar-refractivity contribution in [3.05, 3.63) is 41.9 Å². The lowest BCUT2D eigenvalue weighted by Crippen LogP contribution is -2.05. The van der Waals surface area contributed by atoms with E-state index in [9.17, 15) is 0 Å². The monoisotopic (exact) mass is 148 g/mol. The second-order valence-corrected chi connectivity index (χ2v) is 2.83. The van der Waals surface area contributed by atoms with Gasteiger partial charge in [-0.3, -0.25) is 0 Å². The molecule has 0 aliphatic rings. The second-order valence-electron chi connectivity index (χ2n) is 2.83. The Labute approximate surface area is 68.2 Å². The van der Waals surface area contributed by atoms with Crippen LogP contribution in [0.25, 0.3) is 0 Å². The fraction of sp³-hybridized carbons (Fsp3) is 0.300. The van der Waals surface area contributed by atoms with Gasteiger partial charge in [0.1, 0.15) is 0 Å². The van der Waals surface area contributed by atoms with Crippen LogP contribution >= 0.6 is 0 Å². The van der Waals surface area contributed by atoms with Gasteiger partial charge in [-0.2, -0.15) is 0 Å². The highest BCUT2D eigenvalue weighted by atomic mass is 14.6. The third kappa shape index (κ3) is 3.19. The minimum Gasteiger partial charge on any atom is -0.324 e. The molecule has 0 bridgehead atoms. The molecule has 0 aliphatic heterocycles. The first-order valence-electron chi connectivity index (χ1n) is 3.91. The molecule has 1 nitrogen and oxygen atoms in total. The summed E-state index contributed by atoms with van der Waals surface area (Å²) in [7, 11) is 0. The van der Waals surface area contributed by atoms with Gasteiger partial charge in [0.15, 0.2) is 0 Å². The van der Waals surface area contributed by atoms with E-state index in [-0.39, 0.29) is 0 Å². The molecule has 1 aromatic rings. The van der Waals surface area contributed by atoms with Crippen LogP contribution in [0.15, 0.2) is 30.3 Å². The lowest BCUT2D eigenvalue weighted by atomic mass is 10.1. The normalized spacial score (nSPS) is 10.5. The van der Waals surface area contributed by atoms with Crippen LogP contribution < -0.4 is 5.73 Å². The van der Waals surface area contributed by atoms with Gasteiger partial charge >= 0.3 is 0 Å². The van der Waals surface area contributed by atoms with Crippen molar-refractivity contribution in [2.24, 2.45) is 5.73 Å². The Bertz CT molecular complexity index is 191. The maximum absolute atomic E-state index is 5.56. The Morgan fingerprint density at radius 3 is 2.45 bits per heavy atom. The largest absolute Gasteiger partial charge is 0.324 e. The maximum atomic E-state index is 5.56. The summed E-state index contributed by atoms with van der Waals surface area (Å²) >= 11 is 0. The van der Waals surface area contributed by atoms with Crippen molar-refractivity contribution in [2.75, 3.05) is 0 Å². The van der Waals surface area contributed by atoms with Crippen molar-refractivity contribution in [3.8, 4) is 0 Å². The zero-order valence-corrected chi connectivity index (χ0v) is 6.88. The lowest BCUT2D eigenvalue weighted by Gasteiger charge is -2.02. The summed E-state index contributed by atoms with van der Waals surface area (Å²) in [5, 5.41) is 0.